The number of ether oxygens (including phenoxy) is 1. The molecule has 0 bridgehead atoms. The molecule has 3 nitrogen and oxygen atoms in total. The normalized spacial score (nSPS) is 20.0. The summed E-state index contributed by atoms with van der Waals surface area (Å²) < 4.78 is 5.00. The second-order valence-corrected chi connectivity index (χ2v) is 5.12. The van der Waals surface area contributed by atoms with Crippen molar-refractivity contribution in [3.63, 3.8) is 0 Å². The van der Waals surface area contributed by atoms with Gasteiger partial charge in [0.2, 0.25) is 0 Å². The predicted molar refractivity (Wildman–Crippen MR) is 63.8 cm³/mol. The van der Waals surface area contributed by atoms with E-state index >= 15 is 0 Å². The van der Waals surface area contributed by atoms with E-state index in [0.717, 1.165) is 18.3 Å². The van der Waals surface area contributed by atoms with E-state index in [0.29, 0.717) is 5.92 Å². The van der Waals surface area contributed by atoms with E-state index < -0.39 is 0 Å². The summed E-state index contributed by atoms with van der Waals surface area (Å²) in [5, 5.41) is 4.37. The summed E-state index contributed by atoms with van der Waals surface area (Å²) in [4.78, 5) is 6.14. The lowest BCUT2D eigenvalue weighted by atomic mass is 9.93. The Morgan fingerprint density at radius 3 is 3.20 bits per heavy atom. The molecule has 1 unspecified atom stereocenters. The van der Waals surface area contributed by atoms with Crippen LogP contribution in [0.1, 0.15) is 36.3 Å². The lowest BCUT2D eigenvalue weighted by Gasteiger charge is -2.15. The Bertz CT molecular complexity index is 324. The van der Waals surface area contributed by atoms with Crippen molar-refractivity contribution in [2.24, 2.45) is 0 Å². The number of aryl methyl sites for hydroxylation is 1. The monoisotopic (exact) mass is 226 g/mol. The maximum Gasteiger partial charge on any atom is 0.183 e. The highest BCUT2D eigenvalue weighted by atomic mass is 32.1. The van der Waals surface area contributed by atoms with Crippen molar-refractivity contribution in [2.75, 3.05) is 25.6 Å². The van der Waals surface area contributed by atoms with Crippen molar-refractivity contribution in [3.8, 4) is 0 Å². The third-order valence-corrected chi connectivity index (χ3v) is 3.91. The molecule has 1 aliphatic carbocycles. The summed E-state index contributed by atoms with van der Waals surface area (Å²) in [6.07, 6.45) is 3.81. The van der Waals surface area contributed by atoms with Gasteiger partial charge in [-0.25, -0.2) is 4.98 Å². The van der Waals surface area contributed by atoms with E-state index in [2.05, 4.69) is 17.2 Å². The molecule has 0 fully saturated rings. The van der Waals surface area contributed by atoms with E-state index in [9.17, 15) is 0 Å². The minimum atomic E-state index is 0.642. The van der Waals surface area contributed by atoms with Gasteiger partial charge in [-0.3, -0.25) is 0 Å². The molecule has 0 spiro atoms. The van der Waals surface area contributed by atoms with Crippen LogP contribution in [0.4, 0.5) is 5.13 Å². The molecule has 1 aromatic rings. The Morgan fingerprint density at radius 2 is 2.47 bits per heavy atom. The highest BCUT2D eigenvalue weighted by molar-refractivity contribution is 7.15. The Balaban J connectivity index is 2.01. The summed E-state index contributed by atoms with van der Waals surface area (Å²) in [7, 11) is 1.72. The van der Waals surface area contributed by atoms with Crippen molar-refractivity contribution < 1.29 is 4.74 Å². The molecular weight excluding hydrogens is 208 g/mol. The second-order valence-electron chi connectivity index (χ2n) is 4.04. The number of fused-ring (bicyclic) bond motifs is 1. The topological polar surface area (TPSA) is 34.1 Å². The van der Waals surface area contributed by atoms with Crippen LogP contribution in [-0.2, 0) is 11.2 Å². The Hall–Kier alpha value is -0.610. The number of thiazole rings is 1. The average molecular weight is 226 g/mol. The first kappa shape index (κ1) is 10.9. The fourth-order valence-corrected chi connectivity index (χ4v) is 3.12. The number of aromatic nitrogens is 1. The molecule has 2 rings (SSSR count). The quantitative estimate of drug-likeness (QED) is 0.801. The zero-order valence-corrected chi connectivity index (χ0v) is 10.2. The molecule has 0 radical (unpaired) electrons. The van der Waals surface area contributed by atoms with Gasteiger partial charge in [0.15, 0.2) is 5.13 Å². The minimum absolute atomic E-state index is 0.642. The van der Waals surface area contributed by atoms with Gasteiger partial charge in [0.05, 0.1) is 12.3 Å². The molecule has 0 saturated carbocycles. The molecule has 0 amide bonds. The number of methoxy groups -OCH3 is 1. The van der Waals surface area contributed by atoms with Crippen molar-refractivity contribution in [1.82, 2.24) is 4.98 Å². The summed E-state index contributed by atoms with van der Waals surface area (Å²) in [5.74, 6) is 0.642. The Morgan fingerprint density at radius 1 is 1.60 bits per heavy atom. The minimum Gasteiger partial charge on any atom is -0.383 e. The van der Waals surface area contributed by atoms with Gasteiger partial charge in [-0.15, -0.1) is 11.3 Å². The van der Waals surface area contributed by atoms with Crippen LogP contribution in [0.25, 0.3) is 0 Å². The summed E-state index contributed by atoms with van der Waals surface area (Å²) in [6.45, 7) is 3.85. The van der Waals surface area contributed by atoms with Crippen LogP contribution in [0.2, 0.25) is 0 Å². The second kappa shape index (κ2) is 4.94. The lowest BCUT2D eigenvalue weighted by Crippen LogP contribution is -2.08. The van der Waals surface area contributed by atoms with Gasteiger partial charge in [-0.2, -0.15) is 0 Å². The third kappa shape index (κ3) is 2.49. The molecule has 4 heteroatoms. The third-order valence-electron chi connectivity index (χ3n) is 2.82. The van der Waals surface area contributed by atoms with Crippen LogP contribution >= 0.6 is 11.3 Å². The smallest absolute Gasteiger partial charge is 0.183 e. The van der Waals surface area contributed by atoms with Gasteiger partial charge in [0, 0.05) is 18.5 Å². The van der Waals surface area contributed by atoms with E-state index in [4.69, 9.17) is 4.74 Å². The molecule has 1 heterocycles. The Labute approximate surface area is 94.9 Å². The number of rotatable bonds is 4. The molecule has 0 saturated heterocycles. The highest BCUT2D eigenvalue weighted by Crippen LogP contribution is 2.36. The molecule has 1 N–H and O–H groups in total. The number of nitrogens with zero attached hydrogens (tertiary/aromatic N) is 1. The molecule has 1 aromatic heterocycles. The first-order valence-electron chi connectivity index (χ1n) is 5.53. The number of anilines is 1. The van der Waals surface area contributed by atoms with Crippen molar-refractivity contribution in [2.45, 2.75) is 32.1 Å². The molecule has 0 aliphatic heterocycles. The first-order valence-corrected chi connectivity index (χ1v) is 6.35. The fourth-order valence-electron chi connectivity index (χ4n) is 1.97. The lowest BCUT2D eigenvalue weighted by molar-refractivity contribution is 0.211. The largest absolute Gasteiger partial charge is 0.383 e. The zero-order valence-electron chi connectivity index (χ0n) is 9.38. The zero-order chi connectivity index (χ0) is 10.7. The van der Waals surface area contributed by atoms with Gasteiger partial charge in [-0.05, 0) is 25.2 Å². The summed E-state index contributed by atoms with van der Waals surface area (Å²) in [6, 6.07) is 0. The molecule has 15 heavy (non-hydrogen) atoms. The highest BCUT2D eigenvalue weighted by Gasteiger charge is 2.20. The SMILES string of the molecule is COCCNc1nc2c(s1)CCCC2C. The van der Waals surface area contributed by atoms with E-state index in [1.54, 1.807) is 7.11 Å². The average Bonchev–Trinajstić information content (AvgIpc) is 2.63. The first-order chi connectivity index (χ1) is 7.31. The van der Waals surface area contributed by atoms with Gasteiger partial charge in [0.1, 0.15) is 0 Å². The van der Waals surface area contributed by atoms with Crippen LogP contribution in [0.5, 0.6) is 0 Å². The van der Waals surface area contributed by atoms with Gasteiger partial charge in [-0.1, -0.05) is 6.92 Å². The van der Waals surface area contributed by atoms with Gasteiger partial charge >= 0.3 is 0 Å². The molecule has 84 valence electrons. The Kier molecular flexibility index (Phi) is 3.59. The fraction of sp³-hybridized carbons (Fsp3) is 0.727. The van der Waals surface area contributed by atoms with Crippen LogP contribution in [-0.4, -0.2) is 25.2 Å². The molecular formula is C11H18N2OS. The number of hydrogen-bond donors (Lipinski definition) is 1. The van der Waals surface area contributed by atoms with Gasteiger partial charge in [0.25, 0.3) is 0 Å². The van der Waals surface area contributed by atoms with E-state index in [1.807, 2.05) is 11.3 Å². The summed E-state index contributed by atoms with van der Waals surface area (Å²) in [5.41, 5.74) is 1.33. The van der Waals surface area contributed by atoms with E-state index in [-0.39, 0.29) is 0 Å². The standard InChI is InChI=1S/C11H18N2OS/c1-8-4-3-5-9-10(8)13-11(15-9)12-6-7-14-2/h8H,3-7H2,1-2H3,(H,12,13). The van der Waals surface area contributed by atoms with Crippen molar-refractivity contribution >= 4 is 16.5 Å². The number of nitrogens with one attached hydrogen (secondary N) is 1. The van der Waals surface area contributed by atoms with Crippen LogP contribution < -0.4 is 5.32 Å². The molecule has 1 aliphatic rings. The van der Waals surface area contributed by atoms with Crippen molar-refractivity contribution in [1.29, 1.82) is 0 Å². The van der Waals surface area contributed by atoms with Crippen molar-refractivity contribution in [3.05, 3.63) is 10.6 Å². The number of hydrogen-bond acceptors (Lipinski definition) is 4. The van der Waals surface area contributed by atoms with Gasteiger partial charge < -0.3 is 10.1 Å². The predicted octanol–water partition coefficient (Wildman–Crippen LogP) is 2.64. The maximum absolute atomic E-state index is 5.00. The van der Waals surface area contributed by atoms with E-state index in [1.165, 1.54) is 29.8 Å². The van der Waals surface area contributed by atoms with Crippen LogP contribution in [0.15, 0.2) is 0 Å². The van der Waals surface area contributed by atoms with Crippen LogP contribution in [0.3, 0.4) is 0 Å². The molecule has 0 aromatic carbocycles. The maximum atomic E-state index is 5.00. The molecule has 1 atom stereocenters. The van der Waals surface area contributed by atoms with Crippen LogP contribution in [0, 0.1) is 0 Å². The summed E-state index contributed by atoms with van der Waals surface area (Å²) >= 11 is 1.81.